The number of ether oxygens (including phenoxy) is 4. The fraction of sp³-hybridized carbons (Fsp3) is 0.409. The normalized spacial score (nSPS) is 10.9. The van der Waals surface area contributed by atoms with Gasteiger partial charge in [0.1, 0.15) is 5.75 Å². The van der Waals surface area contributed by atoms with E-state index in [0.29, 0.717) is 41.9 Å². The van der Waals surface area contributed by atoms with Crippen LogP contribution >= 0.6 is 24.0 Å². The van der Waals surface area contributed by atoms with Gasteiger partial charge in [-0.3, -0.25) is 0 Å². The van der Waals surface area contributed by atoms with Gasteiger partial charge in [0.2, 0.25) is 5.75 Å². The lowest BCUT2D eigenvalue weighted by Gasteiger charge is -2.16. The number of hydrogen-bond donors (Lipinski definition) is 2. The summed E-state index contributed by atoms with van der Waals surface area (Å²) in [6.07, 6.45) is 0. The molecule has 0 heterocycles. The van der Waals surface area contributed by atoms with Crippen LogP contribution in [-0.4, -0.2) is 40.4 Å². The molecule has 0 saturated carbocycles. The molecule has 0 aliphatic heterocycles. The number of halogens is 3. The van der Waals surface area contributed by atoms with Gasteiger partial charge < -0.3 is 29.6 Å². The van der Waals surface area contributed by atoms with Gasteiger partial charge in [0.25, 0.3) is 0 Å². The zero-order chi connectivity index (χ0) is 22.8. The minimum atomic E-state index is -2.89. The first-order valence-corrected chi connectivity index (χ1v) is 9.77. The van der Waals surface area contributed by atoms with Gasteiger partial charge in [-0.05, 0) is 37.6 Å². The van der Waals surface area contributed by atoms with Crippen LogP contribution in [0.1, 0.15) is 23.6 Å². The molecular weight excluding hydrogens is 535 g/mol. The molecule has 0 unspecified atom stereocenters. The second-order valence-electron chi connectivity index (χ2n) is 6.57. The van der Waals surface area contributed by atoms with Crippen molar-refractivity contribution in [1.82, 2.24) is 10.6 Å². The van der Waals surface area contributed by atoms with Crippen LogP contribution in [0.3, 0.4) is 0 Å². The molecule has 10 heteroatoms. The van der Waals surface area contributed by atoms with Gasteiger partial charge in [-0.15, -0.1) is 24.0 Å². The number of hydrogen-bond acceptors (Lipinski definition) is 5. The van der Waals surface area contributed by atoms with Gasteiger partial charge in [-0.25, -0.2) is 4.99 Å². The first kappa shape index (κ1) is 27.5. The van der Waals surface area contributed by atoms with Crippen LogP contribution in [0.2, 0.25) is 0 Å². The molecule has 0 aliphatic carbocycles. The average molecular weight is 565 g/mol. The number of aryl methyl sites for hydroxylation is 1. The van der Waals surface area contributed by atoms with E-state index in [-0.39, 0.29) is 36.3 Å². The largest absolute Gasteiger partial charge is 0.493 e. The SMILES string of the molecule is CCNC(=NCc1cc(OC)c(OC)c(OC)c1)NCc1cc(C)ccc1OC(F)F.I. The van der Waals surface area contributed by atoms with E-state index in [1.165, 1.54) is 0 Å². The summed E-state index contributed by atoms with van der Waals surface area (Å²) in [5.74, 6) is 2.25. The molecule has 2 N–H and O–H groups in total. The van der Waals surface area contributed by atoms with Crippen molar-refractivity contribution in [1.29, 1.82) is 0 Å². The van der Waals surface area contributed by atoms with Crippen molar-refractivity contribution in [3.8, 4) is 23.0 Å². The second-order valence-corrected chi connectivity index (χ2v) is 6.57. The van der Waals surface area contributed by atoms with Crippen LogP contribution in [0.15, 0.2) is 35.3 Å². The molecule has 2 aromatic rings. The van der Waals surface area contributed by atoms with E-state index in [2.05, 4.69) is 20.4 Å². The number of rotatable bonds is 10. The van der Waals surface area contributed by atoms with Crippen molar-refractivity contribution in [3.05, 3.63) is 47.0 Å². The van der Waals surface area contributed by atoms with Gasteiger partial charge in [0.15, 0.2) is 17.5 Å². The molecule has 0 saturated heterocycles. The fourth-order valence-electron chi connectivity index (χ4n) is 2.98. The van der Waals surface area contributed by atoms with Gasteiger partial charge in [0, 0.05) is 18.7 Å². The van der Waals surface area contributed by atoms with Crippen LogP contribution in [-0.2, 0) is 13.1 Å². The molecule has 0 aliphatic rings. The van der Waals surface area contributed by atoms with Crippen LogP contribution < -0.4 is 29.6 Å². The van der Waals surface area contributed by atoms with Crippen molar-refractivity contribution in [2.24, 2.45) is 4.99 Å². The molecule has 0 radical (unpaired) electrons. The summed E-state index contributed by atoms with van der Waals surface area (Å²) >= 11 is 0. The quantitative estimate of drug-likeness (QED) is 0.251. The first-order chi connectivity index (χ1) is 14.9. The summed E-state index contributed by atoms with van der Waals surface area (Å²) in [5, 5.41) is 6.30. The van der Waals surface area contributed by atoms with Gasteiger partial charge in [-0.1, -0.05) is 17.7 Å². The molecule has 178 valence electrons. The third-order valence-corrected chi connectivity index (χ3v) is 4.37. The summed E-state index contributed by atoms with van der Waals surface area (Å²) in [6.45, 7) is 2.18. The van der Waals surface area contributed by atoms with Crippen molar-refractivity contribution >= 4 is 29.9 Å². The molecular formula is C22H30F2IN3O4. The standard InChI is InChI=1S/C22H29F2N3O4.HI/c1-6-25-22(27-13-16-9-14(2)7-8-17(16)31-21(23)24)26-12-15-10-18(28-3)20(30-5)19(11-15)29-4;/h7-11,21H,6,12-13H2,1-5H3,(H2,25,26,27);1H. The lowest BCUT2D eigenvalue weighted by Crippen LogP contribution is -2.36. The van der Waals surface area contributed by atoms with Crippen LogP contribution in [0.25, 0.3) is 0 Å². The molecule has 2 rings (SSSR count). The molecule has 2 aromatic carbocycles. The molecule has 0 fully saturated rings. The predicted octanol–water partition coefficient (Wildman–Crippen LogP) is 4.50. The van der Waals surface area contributed by atoms with E-state index >= 15 is 0 Å². The number of guanidine groups is 1. The minimum Gasteiger partial charge on any atom is -0.493 e. The zero-order valence-corrected chi connectivity index (χ0v) is 21.2. The number of benzene rings is 2. The lowest BCUT2D eigenvalue weighted by atomic mass is 10.1. The van der Waals surface area contributed by atoms with E-state index in [1.54, 1.807) is 39.5 Å². The zero-order valence-electron chi connectivity index (χ0n) is 18.8. The minimum absolute atomic E-state index is 0. The maximum Gasteiger partial charge on any atom is 0.387 e. The summed E-state index contributed by atoms with van der Waals surface area (Å²) in [4.78, 5) is 4.57. The summed E-state index contributed by atoms with van der Waals surface area (Å²) in [5.41, 5.74) is 2.40. The van der Waals surface area contributed by atoms with Gasteiger partial charge >= 0.3 is 6.61 Å². The van der Waals surface area contributed by atoms with Gasteiger partial charge in [0.05, 0.1) is 27.9 Å². The lowest BCUT2D eigenvalue weighted by molar-refractivity contribution is -0.0504. The van der Waals surface area contributed by atoms with Crippen molar-refractivity contribution < 1.29 is 27.7 Å². The number of nitrogens with one attached hydrogen (secondary N) is 2. The molecule has 0 spiro atoms. The summed E-state index contributed by atoms with van der Waals surface area (Å²) < 4.78 is 46.1. The molecule has 32 heavy (non-hydrogen) atoms. The Balaban J connectivity index is 0.00000512. The second kappa shape index (κ2) is 13.8. The van der Waals surface area contributed by atoms with Crippen molar-refractivity contribution in [2.75, 3.05) is 27.9 Å². The Kier molecular flexibility index (Phi) is 11.9. The Morgan fingerprint density at radius 1 is 0.969 bits per heavy atom. The highest BCUT2D eigenvalue weighted by molar-refractivity contribution is 14.0. The van der Waals surface area contributed by atoms with E-state index in [1.807, 2.05) is 26.0 Å². The number of aliphatic imine (C=N–C) groups is 1. The predicted molar refractivity (Wildman–Crippen MR) is 131 cm³/mol. The Hall–Kier alpha value is -2.50. The molecule has 7 nitrogen and oxygen atoms in total. The van der Waals surface area contributed by atoms with Crippen LogP contribution in [0, 0.1) is 6.92 Å². The van der Waals surface area contributed by atoms with E-state index < -0.39 is 6.61 Å². The Morgan fingerprint density at radius 2 is 1.62 bits per heavy atom. The third kappa shape index (κ3) is 7.88. The number of alkyl halides is 2. The van der Waals surface area contributed by atoms with E-state index in [4.69, 9.17) is 14.2 Å². The molecule has 0 aromatic heterocycles. The number of methoxy groups -OCH3 is 3. The Labute approximate surface area is 204 Å². The molecule has 0 amide bonds. The average Bonchev–Trinajstić information content (AvgIpc) is 2.76. The maximum absolute atomic E-state index is 12.7. The van der Waals surface area contributed by atoms with Crippen molar-refractivity contribution in [2.45, 2.75) is 33.5 Å². The third-order valence-electron chi connectivity index (χ3n) is 4.37. The highest BCUT2D eigenvalue weighted by Gasteiger charge is 2.14. The van der Waals surface area contributed by atoms with Crippen LogP contribution in [0.4, 0.5) is 8.78 Å². The summed E-state index contributed by atoms with van der Waals surface area (Å²) in [6, 6.07) is 8.71. The maximum atomic E-state index is 12.7. The summed E-state index contributed by atoms with van der Waals surface area (Å²) in [7, 11) is 4.65. The highest BCUT2D eigenvalue weighted by Crippen LogP contribution is 2.38. The smallest absolute Gasteiger partial charge is 0.387 e. The van der Waals surface area contributed by atoms with Crippen LogP contribution in [0.5, 0.6) is 23.0 Å². The Bertz CT molecular complexity index is 872. The van der Waals surface area contributed by atoms with Crippen molar-refractivity contribution in [3.63, 3.8) is 0 Å². The molecule has 0 atom stereocenters. The fourth-order valence-corrected chi connectivity index (χ4v) is 2.98. The van der Waals surface area contributed by atoms with E-state index in [9.17, 15) is 8.78 Å². The molecule has 0 bridgehead atoms. The Morgan fingerprint density at radius 3 is 2.16 bits per heavy atom. The number of nitrogens with zero attached hydrogens (tertiary/aromatic N) is 1. The first-order valence-electron chi connectivity index (χ1n) is 9.77. The van der Waals surface area contributed by atoms with E-state index in [0.717, 1.165) is 11.1 Å². The monoisotopic (exact) mass is 565 g/mol. The van der Waals surface area contributed by atoms with Gasteiger partial charge in [-0.2, -0.15) is 8.78 Å². The highest BCUT2D eigenvalue weighted by atomic mass is 127. The topological polar surface area (TPSA) is 73.3 Å².